The summed E-state index contributed by atoms with van der Waals surface area (Å²) in [6, 6.07) is 32.3. The molecule has 2 aliphatic carbocycles. The first kappa shape index (κ1) is 56.4. The molecule has 3 aliphatic rings. The lowest BCUT2D eigenvalue weighted by Gasteiger charge is -2.53. The smallest absolute Gasteiger partial charge is 0.123 e. The van der Waals surface area contributed by atoms with Crippen LogP contribution in [0.25, 0.3) is 0 Å². The zero-order valence-corrected chi connectivity index (χ0v) is 49.1. The molecule has 4 aromatic rings. The largest absolute Gasteiger partial charge is 0.291 e. The first-order chi connectivity index (χ1) is 33.1. The molecule has 1 aliphatic heterocycles. The Morgan fingerprint density at radius 1 is 0.306 bits per heavy atom. The molecule has 0 aromatic heterocycles. The van der Waals surface area contributed by atoms with Gasteiger partial charge in [-0.1, -0.05) is 194 Å². The maximum Gasteiger partial charge on any atom is 0.123 e. The number of piperazine rings is 1. The van der Waals surface area contributed by atoms with Crippen LogP contribution in [0.5, 0.6) is 0 Å². The highest BCUT2D eigenvalue weighted by atomic mass is 17.2. The predicted molar refractivity (Wildman–Crippen MR) is 300 cm³/mol. The summed E-state index contributed by atoms with van der Waals surface area (Å²) < 4.78 is 0. The lowest BCUT2D eigenvalue weighted by molar-refractivity contribution is -0.410. The van der Waals surface area contributed by atoms with Crippen LogP contribution in [0.3, 0.4) is 0 Å². The van der Waals surface area contributed by atoms with Crippen molar-refractivity contribution in [3.63, 3.8) is 0 Å². The molecular weight excluding hydrogens is 885 g/mol. The summed E-state index contributed by atoms with van der Waals surface area (Å²) in [4.78, 5) is 32.4. The summed E-state index contributed by atoms with van der Waals surface area (Å²) >= 11 is 0. The van der Waals surface area contributed by atoms with Gasteiger partial charge in [-0.2, -0.15) is 0 Å². The summed E-state index contributed by atoms with van der Waals surface area (Å²) in [5.41, 5.74) is 10.1. The minimum Gasteiger partial charge on any atom is -0.291 e. The highest BCUT2D eigenvalue weighted by Crippen LogP contribution is 2.53. The zero-order chi connectivity index (χ0) is 53.1. The number of nitrogens with zero attached hydrogens (tertiary/aromatic N) is 2. The third-order valence-corrected chi connectivity index (χ3v) is 17.2. The van der Waals surface area contributed by atoms with Crippen LogP contribution in [-0.2, 0) is 74.7 Å². The molecule has 0 atom stereocenters. The topological polar surface area (TPSA) is 43.4 Å². The van der Waals surface area contributed by atoms with Crippen LogP contribution >= 0.6 is 0 Å². The molecule has 396 valence electrons. The number of benzene rings is 4. The highest BCUT2D eigenvalue weighted by molar-refractivity contribution is 5.45. The van der Waals surface area contributed by atoms with Gasteiger partial charge in [0.15, 0.2) is 0 Å². The van der Waals surface area contributed by atoms with Gasteiger partial charge in [-0.25, -0.2) is 19.6 Å². The molecule has 7 rings (SSSR count). The van der Waals surface area contributed by atoms with Crippen molar-refractivity contribution in [3.05, 3.63) is 141 Å². The molecule has 0 N–H and O–H groups in total. The molecule has 1 heterocycles. The molecule has 3 fully saturated rings. The van der Waals surface area contributed by atoms with Crippen LogP contribution in [-0.4, -0.2) is 36.0 Å². The predicted octanol–water partition coefficient (Wildman–Crippen LogP) is 17.0. The normalized spacial score (nSPS) is 19.1. The van der Waals surface area contributed by atoms with Crippen molar-refractivity contribution in [1.29, 1.82) is 0 Å². The summed E-state index contributed by atoms with van der Waals surface area (Å²) in [7, 11) is 0. The maximum atomic E-state index is 6.74. The van der Waals surface area contributed by atoms with E-state index in [1.807, 2.05) is 0 Å². The Labute approximate surface area is 439 Å². The van der Waals surface area contributed by atoms with Gasteiger partial charge in [-0.05, 0) is 158 Å². The second-order valence-electron chi connectivity index (χ2n) is 28.5. The Bertz CT molecular complexity index is 2290. The van der Waals surface area contributed by atoms with Gasteiger partial charge in [-0.3, -0.25) is 9.80 Å². The number of rotatable bonds is 14. The molecule has 6 nitrogen and oxygen atoms in total. The molecule has 72 heavy (non-hydrogen) atoms. The van der Waals surface area contributed by atoms with Crippen LogP contribution < -0.4 is 0 Å². The van der Waals surface area contributed by atoms with E-state index < -0.39 is 22.4 Å². The van der Waals surface area contributed by atoms with Crippen molar-refractivity contribution >= 4 is 0 Å². The number of hydrogen-bond acceptors (Lipinski definition) is 6. The summed E-state index contributed by atoms with van der Waals surface area (Å²) in [5.74, 6) is 0. The molecule has 1 saturated heterocycles. The van der Waals surface area contributed by atoms with E-state index in [9.17, 15) is 0 Å². The van der Waals surface area contributed by atoms with Gasteiger partial charge in [-0.15, -0.1) is 0 Å². The molecule has 4 aromatic carbocycles. The lowest BCUT2D eigenvalue weighted by atomic mass is 9.74. The molecule has 0 bridgehead atoms. The first-order valence-corrected chi connectivity index (χ1v) is 27.9. The molecular formula is C66H98N2O4. The SMILES string of the molecule is CC(C)(C)c1ccc(C(C)(C)OOC(C)(C)c2ccc(C(C)(C)C)cc2C2(N3CCN(C4(c5cc(C(C)(C)C)ccc5C(C)(C)OOC(C)(C)c5ccc(C(C)(C)C)cc5)CCCC4)CC3)CCCC2)cc1. The quantitative estimate of drug-likeness (QED) is 0.0926. The highest BCUT2D eigenvalue weighted by Gasteiger charge is 2.50. The monoisotopic (exact) mass is 983 g/mol. The zero-order valence-electron chi connectivity index (χ0n) is 49.1. The maximum absolute atomic E-state index is 6.74. The fourth-order valence-electron chi connectivity index (χ4n) is 12.2. The third kappa shape index (κ3) is 11.7. The van der Waals surface area contributed by atoms with Crippen LogP contribution in [0.1, 0.15) is 245 Å². The minimum atomic E-state index is -0.709. The van der Waals surface area contributed by atoms with Gasteiger partial charge in [0, 0.05) is 37.3 Å². The van der Waals surface area contributed by atoms with Crippen molar-refractivity contribution in [1.82, 2.24) is 9.80 Å². The van der Waals surface area contributed by atoms with Crippen molar-refractivity contribution in [2.24, 2.45) is 0 Å². The van der Waals surface area contributed by atoms with Crippen LogP contribution in [0.2, 0.25) is 0 Å². The molecule has 2 saturated carbocycles. The van der Waals surface area contributed by atoms with E-state index in [1.54, 1.807) is 0 Å². The van der Waals surface area contributed by atoms with Crippen LogP contribution in [0.4, 0.5) is 0 Å². The van der Waals surface area contributed by atoms with Gasteiger partial charge >= 0.3 is 0 Å². The van der Waals surface area contributed by atoms with Gasteiger partial charge in [0.05, 0.1) is 0 Å². The lowest BCUT2D eigenvalue weighted by Crippen LogP contribution is -2.59. The fourth-order valence-corrected chi connectivity index (χ4v) is 12.2. The molecule has 0 amide bonds. The Morgan fingerprint density at radius 3 is 0.806 bits per heavy atom. The van der Waals surface area contributed by atoms with Crippen molar-refractivity contribution < 1.29 is 19.6 Å². The van der Waals surface area contributed by atoms with E-state index >= 15 is 0 Å². The first-order valence-electron chi connectivity index (χ1n) is 27.9. The fraction of sp³-hybridized carbons (Fsp3) is 0.636. The Hall–Kier alpha value is -3.36. The summed E-state index contributed by atoms with van der Waals surface area (Å²) in [6.07, 6.45) is 9.44. The van der Waals surface area contributed by atoms with E-state index in [2.05, 4.69) is 233 Å². The second kappa shape index (κ2) is 20.0. The van der Waals surface area contributed by atoms with Gasteiger partial charge in [0.25, 0.3) is 0 Å². The molecule has 0 unspecified atom stereocenters. The second-order valence-corrected chi connectivity index (χ2v) is 28.5. The van der Waals surface area contributed by atoms with E-state index in [0.717, 1.165) is 63.0 Å². The Kier molecular flexibility index (Phi) is 15.6. The van der Waals surface area contributed by atoms with Crippen molar-refractivity contribution in [3.8, 4) is 0 Å². The van der Waals surface area contributed by atoms with Crippen LogP contribution in [0, 0.1) is 0 Å². The summed E-state index contributed by atoms with van der Waals surface area (Å²) in [6.45, 7) is 49.0. The molecule has 0 radical (unpaired) electrons. The van der Waals surface area contributed by atoms with Crippen molar-refractivity contribution in [2.75, 3.05) is 26.2 Å². The van der Waals surface area contributed by atoms with Gasteiger partial charge in [0.1, 0.15) is 22.4 Å². The van der Waals surface area contributed by atoms with Crippen LogP contribution in [0.15, 0.2) is 84.9 Å². The minimum absolute atomic E-state index is 0.00137. The molecule has 0 spiro atoms. The van der Waals surface area contributed by atoms with E-state index in [-0.39, 0.29) is 32.7 Å². The van der Waals surface area contributed by atoms with E-state index in [0.29, 0.717) is 0 Å². The van der Waals surface area contributed by atoms with Gasteiger partial charge in [0.2, 0.25) is 0 Å². The van der Waals surface area contributed by atoms with E-state index in [1.165, 1.54) is 70.2 Å². The molecule has 6 heteroatoms. The summed E-state index contributed by atoms with van der Waals surface area (Å²) in [5, 5.41) is 0. The average Bonchev–Trinajstić information content (AvgIpc) is 4.02. The third-order valence-electron chi connectivity index (χ3n) is 17.2. The number of hydrogen-bond donors (Lipinski definition) is 0. The van der Waals surface area contributed by atoms with E-state index in [4.69, 9.17) is 19.6 Å². The van der Waals surface area contributed by atoms with Crippen molar-refractivity contribution in [2.45, 2.75) is 245 Å². The van der Waals surface area contributed by atoms with Gasteiger partial charge < -0.3 is 0 Å². The Balaban J connectivity index is 1.19. The standard InChI is InChI=1S/C66H98N2O4/c1-57(2,3)47-25-29-49(30-26-47)61(13,14)69-71-63(17,18)53-35-33-51(59(7,8)9)45-55(53)65(37-21-22-38-65)67-41-43-68(44-42-67)66(39-23-24-40-66)56-46-52(60(10,11)12)34-36-54(56)64(19,20)72-70-62(15,16)50-31-27-48(28-32-50)58(4,5)6/h25-36,45-46H,21-24,37-44H2,1-20H3. The average molecular weight is 984 g/mol. The Morgan fingerprint density at radius 2 is 0.542 bits per heavy atom.